The molecule has 0 atom stereocenters. The molecule has 0 fully saturated rings. The van der Waals surface area contributed by atoms with Gasteiger partial charge in [-0.05, 0) is 49.2 Å². The first-order valence-corrected chi connectivity index (χ1v) is 6.92. The summed E-state index contributed by atoms with van der Waals surface area (Å²) in [4.78, 5) is 0. The van der Waals surface area contributed by atoms with Crippen LogP contribution in [0.5, 0.6) is 0 Å². The van der Waals surface area contributed by atoms with E-state index in [4.69, 9.17) is 11.5 Å². The molecule has 0 aromatic heterocycles. The lowest BCUT2D eigenvalue weighted by Crippen LogP contribution is -2.02. The van der Waals surface area contributed by atoms with E-state index in [9.17, 15) is 0 Å². The van der Waals surface area contributed by atoms with E-state index in [1.54, 1.807) is 0 Å². The predicted octanol–water partition coefficient (Wildman–Crippen LogP) is 3.38. The van der Waals surface area contributed by atoms with Gasteiger partial charge in [0, 0.05) is 13.1 Å². The van der Waals surface area contributed by atoms with Crippen LogP contribution in [0.3, 0.4) is 0 Å². The van der Waals surface area contributed by atoms with E-state index >= 15 is 0 Å². The van der Waals surface area contributed by atoms with Crippen molar-refractivity contribution in [3.63, 3.8) is 0 Å². The SMILES string of the molecule is CCNc1cc(-c2ccc(N)c(NCC)c2)ccc1N. The number of hydrogen-bond donors (Lipinski definition) is 4. The van der Waals surface area contributed by atoms with Crippen LogP contribution in [0.15, 0.2) is 36.4 Å². The molecule has 2 aromatic rings. The molecular formula is C16H22N4. The predicted molar refractivity (Wildman–Crippen MR) is 89.0 cm³/mol. The Kier molecular flexibility index (Phi) is 4.35. The molecule has 106 valence electrons. The van der Waals surface area contributed by atoms with Gasteiger partial charge in [0.1, 0.15) is 0 Å². The van der Waals surface area contributed by atoms with E-state index in [1.165, 1.54) is 0 Å². The van der Waals surface area contributed by atoms with E-state index in [2.05, 4.69) is 36.6 Å². The fourth-order valence-electron chi connectivity index (χ4n) is 2.16. The first-order chi connectivity index (χ1) is 9.65. The van der Waals surface area contributed by atoms with Crippen LogP contribution in [0.2, 0.25) is 0 Å². The topological polar surface area (TPSA) is 76.1 Å². The normalized spacial score (nSPS) is 10.3. The highest BCUT2D eigenvalue weighted by molar-refractivity contribution is 5.80. The second-order valence-electron chi connectivity index (χ2n) is 4.66. The fourth-order valence-corrected chi connectivity index (χ4v) is 2.16. The Bertz CT molecular complexity index is 540. The molecule has 0 radical (unpaired) electrons. The lowest BCUT2D eigenvalue weighted by atomic mass is 10.0. The number of hydrogen-bond acceptors (Lipinski definition) is 4. The van der Waals surface area contributed by atoms with Crippen LogP contribution in [0.1, 0.15) is 13.8 Å². The summed E-state index contributed by atoms with van der Waals surface area (Å²) in [6.45, 7) is 5.80. The highest BCUT2D eigenvalue weighted by Crippen LogP contribution is 2.30. The average molecular weight is 270 g/mol. The molecule has 0 amide bonds. The van der Waals surface area contributed by atoms with E-state index in [1.807, 2.05) is 24.3 Å². The summed E-state index contributed by atoms with van der Waals surface area (Å²) >= 11 is 0. The summed E-state index contributed by atoms with van der Waals surface area (Å²) in [5.74, 6) is 0. The van der Waals surface area contributed by atoms with Crippen LogP contribution in [-0.4, -0.2) is 13.1 Å². The molecular weight excluding hydrogens is 248 g/mol. The molecule has 0 aliphatic heterocycles. The maximum absolute atomic E-state index is 5.96. The van der Waals surface area contributed by atoms with Crippen molar-refractivity contribution in [3.05, 3.63) is 36.4 Å². The van der Waals surface area contributed by atoms with Gasteiger partial charge in [-0.1, -0.05) is 12.1 Å². The fraction of sp³-hybridized carbons (Fsp3) is 0.250. The van der Waals surface area contributed by atoms with Crippen molar-refractivity contribution in [2.75, 3.05) is 35.2 Å². The molecule has 0 aliphatic rings. The van der Waals surface area contributed by atoms with Gasteiger partial charge < -0.3 is 22.1 Å². The van der Waals surface area contributed by atoms with Gasteiger partial charge in [0.05, 0.1) is 22.7 Å². The van der Waals surface area contributed by atoms with Crippen LogP contribution in [0.4, 0.5) is 22.7 Å². The Labute approximate surface area is 120 Å². The molecule has 0 heterocycles. The summed E-state index contributed by atoms with van der Waals surface area (Å²) in [6.07, 6.45) is 0. The number of nitrogens with two attached hydrogens (primary N) is 2. The van der Waals surface area contributed by atoms with Crippen molar-refractivity contribution in [2.24, 2.45) is 0 Å². The maximum Gasteiger partial charge on any atom is 0.0580 e. The van der Waals surface area contributed by atoms with Crippen LogP contribution in [-0.2, 0) is 0 Å². The van der Waals surface area contributed by atoms with E-state index in [-0.39, 0.29) is 0 Å². The van der Waals surface area contributed by atoms with Crippen LogP contribution in [0, 0.1) is 0 Å². The molecule has 0 saturated carbocycles. The largest absolute Gasteiger partial charge is 0.397 e. The van der Waals surface area contributed by atoms with Gasteiger partial charge in [-0.25, -0.2) is 0 Å². The van der Waals surface area contributed by atoms with Crippen molar-refractivity contribution in [2.45, 2.75) is 13.8 Å². The van der Waals surface area contributed by atoms with Gasteiger partial charge >= 0.3 is 0 Å². The summed E-state index contributed by atoms with van der Waals surface area (Å²) in [6, 6.07) is 12.0. The molecule has 0 aliphatic carbocycles. The lowest BCUT2D eigenvalue weighted by Gasteiger charge is -2.12. The molecule has 0 saturated heterocycles. The van der Waals surface area contributed by atoms with Gasteiger partial charge in [0.15, 0.2) is 0 Å². The zero-order valence-corrected chi connectivity index (χ0v) is 12.0. The molecule has 6 N–H and O–H groups in total. The third-order valence-electron chi connectivity index (χ3n) is 3.17. The molecule has 0 spiro atoms. The van der Waals surface area contributed by atoms with Gasteiger partial charge in [0.2, 0.25) is 0 Å². The summed E-state index contributed by atoms with van der Waals surface area (Å²) < 4.78 is 0. The second kappa shape index (κ2) is 6.19. The smallest absolute Gasteiger partial charge is 0.0580 e. The summed E-state index contributed by atoms with van der Waals surface area (Å²) in [5, 5.41) is 6.54. The number of nitrogen functional groups attached to an aromatic ring is 2. The number of benzene rings is 2. The van der Waals surface area contributed by atoms with Crippen molar-refractivity contribution in [1.82, 2.24) is 0 Å². The summed E-state index contributed by atoms with van der Waals surface area (Å²) in [7, 11) is 0. The molecule has 0 unspecified atom stereocenters. The molecule has 2 aromatic carbocycles. The highest BCUT2D eigenvalue weighted by Gasteiger charge is 2.05. The van der Waals surface area contributed by atoms with E-state index in [0.29, 0.717) is 0 Å². The standard InChI is InChI=1S/C16H22N4/c1-3-19-15-9-11(5-7-13(15)17)12-6-8-14(18)16(10-12)20-4-2/h5-10,19-20H,3-4,17-18H2,1-2H3. The maximum atomic E-state index is 5.96. The van der Waals surface area contributed by atoms with Gasteiger partial charge in [-0.15, -0.1) is 0 Å². The van der Waals surface area contributed by atoms with Crippen molar-refractivity contribution < 1.29 is 0 Å². The van der Waals surface area contributed by atoms with Crippen molar-refractivity contribution in [1.29, 1.82) is 0 Å². The Morgan fingerprint density at radius 3 is 1.50 bits per heavy atom. The third-order valence-corrected chi connectivity index (χ3v) is 3.17. The quantitative estimate of drug-likeness (QED) is 0.628. The van der Waals surface area contributed by atoms with E-state index < -0.39 is 0 Å². The Morgan fingerprint density at radius 1 is 0.750 bits per heavy atom. The third kappa shape index (κ3) is 2.96. The van der Waals surface area contributed by atoms with Crippen LogP contribution >= 0.6 is 0 Å². The average Bonchev–Trinajstić information content (AvgIpc) is 2.44. The van der Waals surface area contributed by atoms with Gasteiger partial charge in [0.25, 0.3) is 0 Å². The number of nitrogens with one attached hydrogen (secondary N) is 2. The van der Waals surface area contributed by atoms with Crippen LogP contribution < -0.4 is 22.1 Å². The van der Waals surface area contributed by atoms with Crippen LogP contribution in [0.25, 0.3) is 11.1 Å². The van der Waals surface area contributed by atoms with Gasteiger partial charge in [-0.2, -0.15) is 0 Å². The highest BCUT2D eigenvalue weighted by atomic mass is 14.9. The Morgan fingerprint density at radius 2 is 1.15 bits per heavy atom. The minimum Gasteiger partial charge on any atom is -0.397 e. The molecule has 20 heavy (non-hydrogen) atoms. The van der Waals surface area contributed by atoms with Gasteiger partial charge in [-0.3, -0.25) is 0 Å². The molecule has 2 rings (SSSR count). The Hall–Kier alpha value is -2.36. The minimum atomic E-state index is 0.762. The second-order valence-corrected chi connectivity index (χ2v) is 4.66. The Balaban J connectivity index is 2.40. The minimum absolute atomic E-state index is 0.762. The summed E-state index contributed by atoms with van der Waals surface area (Å²) in [5.41, 5.74) is 17.6. The zero-order valence-electron chi connectivity index (χ0n) is 12.0. The number of rotatable bonds is 5. The van der Waals surface area contributed by atoms with Crippen molar-refractivity contribution in [3.8, 4) is 11.1 Å². The molecule has 0 bridgehead atoms. The molecule has 4 heteroatoms. The first kappa shape index (κ1) is 14.1. The lowest BCUT2D eigenvalue weighted by molar-refractivity contribution is 1.21. The number of anilines is 4. The zero-order chi connectivity index (χ0) is 14.5. The molecule has 4 nitrogen and oxygen atoms in total. The monoisotopic (exact) mass is 270 g/mol. The van der Waals surface area contributed by atoms with Crippen molar-refractivity contribution >= 4 is 22.7 Å². The van der Waals surface area contributed by atoms with E-state index in [0.717, 1.165) is 47.0 Å². The first-order valence-electron chi connectivity index (χ1n) is 6.92.